The van der Waals surface area contributed by atoms with E-state index in [9.17, 15) is 9.59 Å². The normalized spacial score (nSPS) is 10.5. The van der Waals surface area contributed by atoms with Crippen molar-refractivity contribution in [2.24, 2.45) is 0 Å². The Bertz CT molecular complexity index is 862. The highest BCUT2D eigenvalue weighted by molar-refractivity contribution is 7.14. The van der Waals surface area contributed by atoms with E-state index in [4.69, 9.17) is 0 Å². The maximum absolute atomic E-state index is 12.3. The van der Waals surface area contributed by atoms with Crippen LogP contribution in [-0.4, -0.2) is 33.7 Å². The Hall–Kier alpha value is -2.58. The number of hydrogen-bond acceptors (Lipinski definition) is 6. The summed E-state index contributed by atoms with van der Waals surface area (Å²) >= 11 is 2.88. The van der Waals surface area contributed by atoms with E-state index in [0.29, 0.717) is 23.8 Å². The first-order valence-corrected chi connectivity index (χ1v) is 9.75. The molecule has 0 aliphatic carbocycles. The number of thiazole rings is 1. The fourth-order valence-electron chi connectivity index (χ4n) is 2.32. The Labute approximate surface area is 159 Å². The van der Waals surface area contributed by atoms with Gasteiger partial charge in [0.1, 0.15) is 0 Å². The number of anilines is 1. The molecule has 134 valence electrons. The van der Waals surface area contributed by atoms with E-state index in [-0.39, 0.29) is 18.2 Å². The lowest BCUT2D eigenvalue weighted by Gasteiger charge is -2.16. The van der Waals surface area contributed by atoms with Crippen LogP contribution >= 0.6 is 22.7 Å². The van der Waals surface area contributed by atoms with Crippen LogP contribution in [0, 0.1) is 0 Å². The van der Waals surface area contributed by atoms with Gasteiger partial charge in [0.2, 0.25) is 11.8 Å². The predicted molar refractivity (Wildman–Crippen MR) is 103 cm³/mol. The number of nitrogens with zero attached hydrogens (tertiary/aromatic N) is 3. The molecule has 2 amide bonds. The lowest BCUT2D eigenvalue weighted by molar-refractivity contribution is -0.129. The van der Waals surface area contributed by atoms with Crippen molar-refractivity contribution in [1.29, 1.82) is 0 Å². The van der Waals surface area contributed by atoms with E-state index >= 15 is 0 Å². The lowest BCUT2D eigenvalue weighted by atomic mass is 10.2. The average molecular weight is 387 g/mol. The third-order valence-electron chi connectivity index (χ3n) is 3.64. The van der Waals surface area contributed by atoms with Crippen molar-refractivity contribution in [2.45, 2.75) is 19.4 Å². The minimum absolute atomic E-state index is 0.0245. The van der Waals surface area contributed by atoms with Crippen LogP contribution in [-0.2, 0) is 29.0 Å². The molecule has 0 aromatic carbocycles. The monoisotopic (exact) mass is 386 g/mol. The van der Waals surface area contributed by atoms with Gasteiger partial charge in [0.05, 0.1) is 18.5 Å². The molecule has 0 aliphatic heterocycles. The van der Waals surface area contributed by atoms with Crippen LogP contribution in [0.2, 0.25) is 0 Å². The van der Waals surface area contributed by atoms with Crippen molar-refractivity contribution in [1.82, 2.24) is 14.9 Å². The van der Waals surface area contributed by atoms with Crippen molar-refractivity contribution in [3.63, 3.8) is 0 Å². The van der Waals surface area contributed by atoms with E-state index in [1.807, 2.05) is 29.6 Å². The zero-order valence-electron chi connectivity index (χ0n) is 14.2. The Morgan fingerprint density at radius 3 is 2.69 bits per heavy atom. The molecule has 3 aromatic heterocycles. The highest BCUT2D eigenvalue weighted by Crippen LogP contribution is 2.18. The summed E-state index contributed by atoms with van der Waals surface area (Å²) in [5.74, 6) is -0.127. The molecule has 0 spiro atoms. The Morgan fingerprint density at radius 1 is 1.15 bits per heavy atom. The molecule has 1 N–H and O–H groups in total. The van der Waals surface area contributed by atoms with Gasteiger partial charge in [-0.15, -0.1) is 22.7 Å². The number of thiophene rings is 1. The maximum atomic E-state index is 12.3. The van der Waals surface area contributed by atoms with Crippen LogP contribution in [0.15, 0.2) is 47.4 Å². The number of carbonyl (C=O) groups excluding carboxylic acids is 2. The second-order valence-electron chi connectivity index (χ2n) is 5.73. The summed E-state index contributed by atoms with van der Waals surface area (Å²) < 4.78 is 0. The fraction of sp³-hybridized carbons (Fsp3) is 0.222. The Morgan fingerprint density at radius 2 is 1.96 bits per heavy atom. The number of carbonyl (C=O) groups is 2. The molecule has 0 saturated heterocycles. The standard InChI is InChI=1S/C18H18N4O2S2/c1-22(11-13-4-6-19-7-5-13)17(24)9-14-12-26-18(20-14)21-16(23)10-15-3-2-8-25-15/h2-8,12H,9-11H2,1H3,(H,20,21,23). The van der Waals surface area contributed by atoms with Crippen LogP contribution in [0.1, 0.15) is 16.1 Å². The predicted octanol–water partition coefficient (Wildman–Crippen LogP) is 2.98. The van der Waals surface area contributed by atoms with Gasteiger partial charge in [-0.25, -0.2) is 4.98 Å². The van der Waals surface area contributed by atoms with Gasteiger partial charge >= 0.3 is 0 Å². The van der Waals surface area contributed by atoms with Gasteiger partial charge in [0, 0.05) is 36.2 Å². The van der Waals surface area contributed by atoms with E-state index in [0.717, 1.165) is 10.4 Å². The average Bonchev–Trinajstić information content (AvgIpc) is 3.28. The quantitative estimate of drug-likeness (QED) is 0.677. The summed E-state index contributed by atoms with van der Waals surface area (Å²) in [5, 5.41) is 7.05. The summed E-state index contributed by atoms with van der Waals surface area (Å²) in [7, 11) is 1.76. The Balaban J connectivity index is 1.51. The second kappa shape index (κ2) is 8.68. The van der Waals surface area contributed by atoms with Gasteiger partial charge in [-0.2, -0.15) is 0 Å². The van der Waals surface area contributed by atoms with Gasteiger partial charge in [-0.1, -0.05) is 6.07 Å². The van der Waals surface area contributed by atoms with E-state index < -0.39 is 0 Å². The largest absolute Gasteiger partial charge is 0.341 e. The fourth-order valence-corrected chi connectivity index (χ4v) is 3.75. The topological polar surface area (TPSA) is 75.2 Å². The van der Waals surface area contributed by atoms with Crippen molar-refractivity contribution < 1.29 is 9.59 Å². The smallest absolute Gasteiger partial charge is 0.231 e. The summed E-state index contributed by atoms with van der Waals surface area (Å²) in [6, 6.07) is 7.61. The van der Waals surface area contributed by atoms with E-state index in [1.54, 1.807) is 41.1 Å². The van der Waals surface area contributed by atoms with Crippen LogP contribution in [0.3, 0.4) is 0 Å². The van der Waals surface area contributed by atoms with E-state index in [1.165, 1.54) is 11.3 Å². The molecule has 0 aliphatic rings. The van der Waals surface area contributed by atoms with Crippen molar-refractivity contribution in [3.8, 4) is 0 Å². The summed E-state index contributed by atoms with van der Waals surface area (Å²) in [6.07, 6.45) is 3.96. The number of likely N-dealkylation sites (N-methyl/N-ethyl adjacent to an activating group) is 1. The molecule has 3 heterocycles. The molecule has 0 radical (unpaired) electrons. The number of amides is 2. The third kappa shape index (κ3) is 5.21. The van der Waals surface area contributed by atoms with Crippen LogP contribution in [0.4, 0.5) is 5.13 Å². The van der Waals surface area contributed by atoms with Gasteiger partial charge in [0.15, 0.2) is 5.13 Å². The molecule has 6 nitrogen and oxygen atoms in total. The first-order valence-electron chi connectivity index (χ1n) is 7.99. The zero-order valence-corrected chi connectivity index (χ0v) is 15.8. The number of pyridine rings is 1. The van der Waals surface area contributed by atoms with Crippen molar-refractivity contribution in [2.75, 3.05) is 12.4 Å². The van der Waals surface area contributed by atoms with Crippen molar-refractivity contribution in [3.05, 3.63) is 63.6 Å². The molecule has 0 saturated carbocycles. The minimum Gasteiger partial charge on any atom is -0.341 e. The molecule has 3 aromatic rings. The molecular weight excluding hydrogens is 368 g/mol. The summed E-state index contributed by atoms with van der Waals surface area (Å²) in [6.45, 7) is 0.524. The van der Waals surface area contributed by atoms with Crippen LogP contribution in [0.25, 0.3) is 0 Å². The molecule has 0 bridgehead atoms. The summed E-state index contributed by atoms with van der Waals surface area (Å²) in [5.41, 5.74) is 1.68. The van der Waals surface area contributed by atoms with Gasteiger partial charge in [0.25, 0.3) is 0 Å². The second-order valence-corrected chi connectivity index (χ2v) is 7.62. The molecular formula is C18H18N4O2S2. The molecule has 26 heavy (non-hydrogen) atoms. The SMILES string of the molecule is CN(Cc1ccncc1)C(=O)Cc1csc(NC(=O)Cc2cccs2)n1. The number of aromatic nitrogens is 2. The van der Waals surface area contributed by atoms with Crippen LogP contribution in [0.5, 0.6) is 0 Å². The van der Waals surface area contributed by atoms with Gasteiger partial charge < -0.3 is 10.2 Å². The lowest BCUT2D eigenvalue weighted by Crippen LogP contribution is -2.27. The Kier molecular flexibility index (Phi) is 6.08. The minimum atomic E-state index is -0.102. The maximum Gasteiger partial charge on any atom is 0.231 e. The first-order chi connectivity index (χ1) is 12.6. The van der Waals surface area contributed by atoms with Crippen LogP contribution < -0.4 is 5.32 Å². The third-order valence-corrected chi connectivity index (χ3v) is 5.32. The molecule has 0 unspecified atom stereocenters. The van der Waals surface area contributed by atoms with Crippen molar-refractivity contribution >= 4 is 39.6 Å². The molecule has 3 rings (SSSR count). The number of rotatable bonds is 7. The zero-order chi connectivity index (χ0) is 18.4. The highest BCUT2D eigenvalue weighted by atomic mass is 32.1. The number of nitrogens with one attached hydrogen (secondary N) is 1. The van der Waals surface area contributed by atoms with Gasteiger partial charge in [-0.3, -0.25) is 14.6 Å². The molecule has 0 atom stereocenters. The summed E-state index contributed by atoms with van der Waals surface area (Å²) in [4.78, 5) is 35.3. The molecule has 0 fully saturated rings. The van der Waals surface area contributed by atoms with E-state index in [2.05, 4.69) is 15.3 Å². The molecule has 8 heteroatoms. The highest BCUT2D eigenvalue weighted by Gasteiger charge is 2.14. The number of hydrogen-bond donors (Lipinski definition) is 1. The first kappa shape index (κ1) is 18.2. The van der Waals surface area contributed by atoms with Gasteiger partial charge in [-0.05, 0) is 29.1 Å².